The van der Waals surface area contributed by atoms with Crippen molar-refractivity contribution < 1.29 is 113 Å². The van der Waals surface area contributed by atoms with Crippen molar-refractivity contribution in [2.75, 3.05) is 37.4 Å². The van der Waals surface area contributed by atoms with E-state index in [1.54, 1.807) is 0 Å². The number of ether oxygens (including phenoxy) is 4. The zero-order chi connectivity index (χ0) is 75.1. The average molecular weight is 1440 g/mol. The van der Waals surface area contributed by atoms with Gasteiger partial charge in [-0.2, -0.15) is 0 Å². The molecule has 8 aromatic rings. The number of phenolic OH excluding ortho intramolecular Hbond substituents is 6. The van der Waals surface area contributed by atoms with E-state index in [0.717, 1.165) is 79.9 Å². The third-order valence-corrected chi connectivity index (χ3v) is 17.5. The fourth-order valence-corrected chi connectivity index (χ4v) is 12.0. The van der Waals surface area contributed by atoms with Crippen LogP contribution in [0.25, 0.3) is 11.1 Å². The number of anilines is 2. The number of phenols is 6. The van der Waals surface area contributed by atoms with Gasteiger partial charge >= 0.3 is 11.9 Å². The van der Waals surface area contributed by atoms with Crippen molar-refractivity contribution in [3.63, 3.8) is 0 Å². The largest absolute Gasteiger partial charge is 0.508 e. The van der Waals surface area contributed by atoms with Crippen molar-refractivity contribution in [1.82, 2.24) is 42.5 Å². The Balaban J connectivity index is 1.00. The minimum Gasteiger partial charge on any atom is -0.508 e. The number of esters is 1. The standard InChI is InChI=1S/C70H60N10O25/c1-26-40(84)16-31-18-42(26)105-43-17-30(8-14-39(43)83)50(74-56-55(62(93)63(56)94)73-24-47(87)71-23-46(86)72-25-48(88)89)64(95)79-57-59(90)27-3-9-34(10-4-27)103-44-19-32-20-45(61(44)92)104-35-11-5-28(6-12-35)60(91)58-69(100)78-54(70(101)102-2)37-21-33(81)22-41(85)49(37)36-15-29(7-13-38(36)82)51(65(96)80-58)75-67(98)53(32)76-66(97)52(31)77-68(57)99/h3-22,50-54,57-60,73-74,81-85,90-92H,23-25H2,1-2H3,(H,71,87)(H,72,86)(H,75,98)(H,76,97)(H,77,99)(H,78,100)(H,79,95)(H,80,96)(H,88,89)/t50-,51+,52-,53+,54-,57+,58-,59+,60+/m0/s1. The Morgan fingerprint density at radius 3 is 1.57 bits per heavy atom. The maximum atomic E-state index is 15.9. The summed E-state index contributed by atoms with van der Waals surface area (Å²) >= 11 is 0. The summed E-state index contributed by atoms with van der Waals surface area (Å²) < 4.78 is 23.7. The lowest BCUT2D eigenvalue weighted by atomic mass is 9.89. The lowest BCUT2D eigenvalue weighted by Crippen LogP contribution is -2.55. The van der Waals surface area contributed by atoms with Crippen LogP contribution in [0.5, 0.6) is 69.0 Å². The number of aromatic hydroxyl groups is 6. The van der Waals surface area contributed by atoms with Crippen molar-refractivity contribution in [2.24, 2.45) is 0 Å². The van der Waals surface area contributed by atoms with E-state index in [2.05, 4.69) is 47.9 Å². The predicted octanol–water partition coefficient (Wildman–Crippen LogP) is 1.04. The Labute approximate surface area is 589 Å². The molecule has 0 aromatic heterocycles. The number of rotatable bonds is 10. The van der Waals surface area contributed by atoms with Gasteiger partial charge in [0.1, 0.15) is 107 Å². The van der Waals surface area contributed by atoms with E-state index in [-0.39, 0.29) is 50.6 Å². The minimum absolute atomic E-state index is 0.0907. The Kier molecular flexibility index (Phi) is 19.3. The van der Waals surface area contributed by atoms with E-state index >= 15 is 24.0 Å². The number of carboxylic acid groups (broad SMARTS) is 1. The molecule has 105 heavy (non-hydrogen) atoms. The number of methoxy groups -OCH3 is 1. The number of carboxylic acids is 1. The predicted molar refractivity (Wildman–Crippen MR) is 358 cm³/mol. The van der Waals surface area contributed by atoms with Gasteiger partial charge in [0.15, 0.2) is 29.0 Å². The SMILES string of the molecule is COC(=O)[C@H]1NC(=O)[C@H]2NC(=O)[C@H](NC(=O)[C@@H]3NC(=O)[C@H]4NC(=O)[C@H](NC(=O)[C@@H](Nc5c(NCC(=O)NCC(=O)NCC(=O)O)c(=O)c5=O)c5ccc(O)c(c5)Oc5cc4cc(O)c5C)[C@H](O)c4ccc(cc4)Oc4cc3cc(c4O)Oc3ccc(cc3)[C@H]2O)c2ccc(O)c(c2)-c2c(O)cc(O)cc21. The quantitative estimate of drug-likeness (QED) is 0.0672. The van der Waals surface area contributed by atoms with Crippen molar-refractivity contribution in [1.29, 1.82) is 0 Å². The van der Waals surface area contributed by atoms with Crippen LogP contribution < -0.4 is 78.2 Å². The number of hydrogen-bond donors (Lipinski definition) is 19. The monoisotopic (exact) mass is 1440 g/mol. The fraction of sp³-hybridized carbons (Fsp3) is 0.200. The maximum Gasteiger partial charge on any atom is 0.333 e. The van der Waals surface area contributed by atoms with Crippen LogP contribution in [-0.2, 0) is 52.7 Å². The van der Waals surface area contributed by atoms with Crippen LogP contribution in [0.1, 0.15) is 86.9 Å². The highest BCUT2D eigenvalue weighted by Crippen LogP contribution is 2.48. The lowest BCUT2D eigenvalue weighted by Gasteiger charge is -2.32. The van der Waals surface area contributed by atoms with Gasteiger partial charge in [-0.25, -0.2) is 4.79 Å². The second-order valence-corrected chi connectivity index (χ2v) is 24.3. The molecule has 35 nitrogen and oxygen atoms in total. The number of benzene rings is 7. The van der Waals surface area contributed by atoms with E-state index in [0.29, 0.717) is 0 Å². The number of carbonyl (C=O) groups is 10. The molecule has 0 saturated heterocycles. The third-order valence-electron chi connectivity index (χ3n) is 17.5. The highest BCUT2D eigenvalue weighted by Gasteiger charge is 2.43. The van der Waals surface area contributed by atoms with E-state index in [1.807, 2.05) is 5.32 Å². The topological polar surface area (TPSA) is 544 Å². The zero-order valence-electron chi connectivity index (χ0n) is 54.4. The number of carbonyl (C=O) groups excluding carboxylic acids is 9. The van der Waals surface area contributed by atoms with Gasteiger partial charge in [-0.3, -0.25) is 52.7 Å². The molecule has 9 atom stereocenters. The second-order valence-electron chi connectivity index (χ2n) is 24.3. The average Bonchev–Trinajstić information content (AvgIpc) is 0.773. The molecule has 6 aliphatic heterocycles. The number of amides is 8. The van der Waals surface area contributed by atoms with Crippen LogP contribution >= 0.6 is 0 Å². The number of aliphatic carboxylic acids is 1. The molecule has 0 spiro atoms. The summed E-state index contributed by atoms with van der Waals surface area (Å²) in [5, 5.41) is 127. The van der Waals surface area contributed by atoms with Gasteiger partial charge in [0.05, 0.1) is 20.2 Å². The molecule has 0 radical (unpaired) electrons. The van der Waals surface area contributed by atoms with Crippen molar-refractivity contribution >= 4 is 70.6 Å². The number of nitrogens with one attached hydrogen (secondary N) is 10. The molecule has 8 aromatic carbocycles. The normalized spacial score (nSPS) is 20.6. The smallest absolute Gasteiger partial charge is 0.333 e. The molecule has 6 aliphatic rings. The van der Waals surface area contributed by atoms with E-state index < -0.39 is 230 Å². The Morgan fingerprint density at radius 2 is 0.962 bits per heavy atom. The van der Waals surface area contributed by atoms with Gasteiger partial charge in [0.25, 0.3) is 10.9 Å². The summed E-state index contributed by atoms with van der Waals surface area (Å²) in [6.45, 7) is -0.925. The highest BCUT2D eigenvalue weighted by molar-refractivity contribution is 6.01. The van der Waals surface area contributed by atoms with E-state index in [9.17, 15) is 74.4 Å². The van der Waals surface area contributed by atoms with Crippen LogP contribution in [0.2, 0.25) is 0 Å². The first-order chi connectivity index (χ1) is 50.0. The van der Waals surface area contributed by atoms with Gasteiger partial charge in [-0.1, -0.05) is 36.4 Å². The van der Waals surface area contributed by atoms with E-state index in [4.69, 9.17) is 24.1 Å². The van der Waals surface area contributed by atoms with Crippen LogP contribution in [0, 0.1) is 6.92 Å². The highest BCUT2D eigenvalue weighted by atomic mass is 16.5. The van der Waals surface area contributed by atoms with Crippen molar-refractivity contribution in [2.45, 2.75) is 61.4 Å². The molecule has 540 valence electrons. The number of hydrogen-bond acceptors (Lipinski definition) is 26. The summed E-state index contributed by atoms with van der Waals surface area (Å²) in [4.78, 5) is 169. The van der Waals surface area contributed by atoms with Gasteiger partial charge in [0.2, 0.25) is 53.0 Å². The third kappa shape index (κ3) is 14.3. The molecular weight excluding hydrogens is 1380 g/mol. The first-order valence-corrected chi connectivity index (χ1v) is 31.6. The molecule has 14 rings (SSSR count). The van der Waals surface area contributed by atoms with Gasteiger partial charge in [0, 0.05) is 28.3 Å². The zero-order valence-corrected chi connectivity index (χ0v) is 54.4. The Morgan fingerprint density at radius 1 is 0.467 bits per heavy atom. The molecule has 0 aliphatic carbocycles. The summed E-state index contributed by atoms with van der Waals surface area (Å²) in [7, 11) is 0.948. The molecule has 6 heterocycles. The molecule has 35 heteroatoms. The molecule has 17 bridgehead atoms. The van der Waals surface area contributed by atoms with Crippen molar-refractivity contribution in [3.8, 4) is 80.1 Å². The van der Waals surface area contributed by atoms with Crippen LogP contribution in [0.4, 0.5) is 11.4 Å². The first-order valence-electron chi connectivity index (χ1n) is 31.6. The van der Waals surface area contributed by atoms with Crippen LogP contribution in [-0.4, -0.2) is 144 Å². The summed E-state index contributed by atoms with van der Waals surface area (Å²) in [6.07, 6.45) is -4.23. The van der Waals surface area contributed by atoms with Gasteiger partial charge in [-0.05, 0) is 119 Å². The fourth-order valence-electron chi connectivity index (χ4n) is 12.0. The summed E-state index contributed by atoms with van der Waals surface area (Å²) in [5.74, 6) is -18.9. The molecule has 0 saturated carbocycles. The molecule has 19 N–H and O–H groups in total. The minimum atomic E-state index is -2.27. The maximum absolute atomic E-state index is 15.9. The van der Waals surface area contributed by atoms with Crippen LogP contribution in [0.15, 0.2) is 131 Å². The molecule has 0 fully saturated rings. The van der Waals surface area contributed by atoms with E-state index in [1.165, 1.54) is 55.5 Å². The number of aliphatic hydroxyl groups is 2. The molecule has 0 unspecified atom stereocenters. The van der Waals surface area contributed by atoms with Gasteiger partial charge < -0.3 is 118 Å². The molecular formula is C70H60N10O25. The number of fused-ring (bicyclic) bond motifs is 14. The van der Waals surface area contributed by atoms with Gasteiger partial charge in [-0.15, -0.1) is 0 Å². The second kappa shape index (κ2) is 28.6. The van der Waals surface area contributed by atoms with Crippen LogP contribution in [0.3, 0.4) is 0 Å². The van der Waals surface area contributed by atoms with Crippen molar-refractivity contribution in [3.05, 3.63) is 186 Å². The molecule has 8 amide bonds. The summed E-state index contributed by atoms with van der Waals surface area (Å²) in [6, 6.07) is 7.41. The Hall–Kier alpha value is -14.0. The number of aliphatic hydroxyl groups excluding tert-OH is 2. The Bertz CT molecular complexity index is 5040. The summed E-state index contributed by atoms with van der Waals surface area (Å²) in [5.41, 5.74) is -6.49. The first kappa shape index (κ1) is 70.9. The lowest BCUT2D eigenvalue weighted by molar-refractivity contribution is -0.146.